The molecule has 1 aliphatic rings. The van der Waals surface area contributed by atoms with Gasteiger partial charge in [0.05, 0.1) is 0 Å². The highest BCUT2D eigenvalue weighted by Crippen LogP contribution is 2.30. The van der Waals surface area contributed by atoms with Gasteiger partial charge in [-0.2, -0.15) is 11.8 Å². The van der Waals surface area contributed by atoms with Gasteiger partial charge in [0, 0.05) is 17.3 Å². The van der Waals surface area contributed by atoms with Crippen LogP contribution >= 0.6 is 11.8 Å². The van der Waals surface area contributed by atoms with Gasteiger partial charge in [0.15, 0.2) is 0 Å². The van der Waals surface area contributed by atoms with Crippen LogP contribution in [-0.4, -0.2) is 17.0 Å². The molecule has 1 nitrogen and oxygen atoms in total. The molecule has 2 heteroatoms. The van der Waals surface area contributed by atoms with Crippen LogP contribution in [0.2, 0.25) is 0 Å². The highest BCUT2D eigenvalue weighted by molar-refractivity contribution is 7.99. The first kappa shape index (κ1) is 13.0. The molecule has 0 saturated heterocycles. The van der Waals surface area contributed by atoms with Gasteiger partial charge in [-0.25, -0.2) is 0 Å². The summed E-state index contributed by atoms with van der Waals surface area (Å²) in [7, 11) is 0. The number of rotatable bonds is 5. The molecule has 0 aliphatic heterocycles. The van der Waals surface area contributed by atoms with Crippen LogP contribution in [0.3, 0.4) is 0 Å². The van der Waals surface area contributed by atoms with E-state index in [2.05, 4.69) is 61.3 Å². The molecule has 3 unspecified atom stereocenters. The standard InChI is InChI=1S/C15H23NS/c1-3-17-15-10-9-14(11-15)16-12(2)13-7-5-4-6-8-13/h4-8,12,14-16H,3,9-11H2,1-2H3. The Balaban J connectivity index is 1.82. The maximum absolute atomic E-state index is 3.77. The number of nitrogens with one attached hydrogen (secondary N) is 1. The maximum atomic E-state index is 3.77. The monoisotopic (exact) mass is 249 g/mol. The van der Waals surface area contributed by atoms with Crippen molar-refractivity contribution in [3.05, 3.63) is 35.9 Å². The zero-order valence-corrected chi connectivity index (χ0v) is 11.7. The fraction of sp³-hybridized carbons (Fsp3) is 0.600. The first-order valence-electron chi connectivity index (χ1n) is 6.72. The third-order valence-electron chi connectivity index (χ3n) is 3.57. The van der Waals surface area contributed by atoms with Gasteiger partial charge >= 0.3 is 0 Å². The van der Waals surface area contributed by atoms with E-state index in [-0.39, 0.29) is 0 Å². The molecule has 0 heterocycles. The van der Waals surface area contributed by atoms with E-state index in [4.69, 9.17) is 0 Å². The Bertz CT molecular complexity index is 325. The Kier molecular flexibility index (Phi) is 4.93. The average Bonchev–Trinajstić information content (AvgIpc) is 2.78. The van der Waals surface area contributed by atoms with Crippen LogP contribution in [0, 0.1) is 0 Å². The molecule has 1 aromatic carbocycles. The van der Waals surface area contributed by atoms with E-state index in [1.165, 1.54) is 30.6 Å². The zero-order valence-electron chi connectivity index (χ0n) is 10.9. The van der Waals surface area contributed by atoms with Crippen molar-refractivity contribution in [2.75, 3.05) is 5.75 Å². The highest BCUT2D eigenvalue weighted by Gasteiger charge is 2.25. The lowest BCUT2D eigenvalue weighted by Crippen LogP contribution is -2.29. The largest absolute Gasteiger partial charge is 0.307 e. The van der Waals surface area contributed by atoms with Crippen molar-refractivity contribution < 1.29 is 0 Å². The minimum Gasteiger partial charge on any atom is -0.307 e. The number of hydrogen-bond acceptors (Lipinski definition) is 2. The van der Waals surface area contributed by atoms with Crippen LogP contribution in [0.25, 0.3) is 0 Å². The van der Waals surface area contributed by atoms with Gasteiger partial charge in [0.2, 0.25) is 0 Å². The van der Waals surface area contributed by atoms with Crippen LogP contribution in [-0.2, 0) is 0 Å². The normalized spacial score (nSPS) is 26.0. The molecule has 2 rings (SSSR count). The Morgan fingerprint density at radius 1 is 1.29 bits per heavy atom. The molecule has 1 saturated carbocycles. The summed E-state index contributed by atoms with van der Waals surface area (Å²) >= 11 is 2.13. The van der Waals surface area contributed by atoms with Crippen molar-refractivity contribution in [2.24, 2.45) is 0 Å². The van der Waals surface area contributed by atoms with Gasteiger partial charge < -0.3 is 5.32 Å². The summed E-state index contributed by atoms with van der Waals surface area (Å²) in [6.07, 6.45) is 4.07. The number of thioether (sulfide) groups is 1. The minimum absolute atomic E-state index is 0.478. The number of hydrogen-bond donors (Lipinski definition) is 1. The molecule has 0 bridgehead atoms. The van der Waals surface area contributed by atoms with Crippen LogP contribution < -0.4 is 5.32 Å². The van der Waals surface area contributed by atoms with Crippen LogP contribution in [0.4, 0.5) is 0 Å². The van der Waals surface area contributed by atoms with E-state index < -0.39 is 0 Å². The van der Waals surface area contributed by atoms with E-state index in [9.17, 15) is 0 Å². The summed E-state index contributed by atoms with van der Waals surface area (Å²) < 4.78 is 0. The first-order chi connectivity index (χ1) is 8.29. The second-order valence-corrected chi connectivity index (χ2v) is 6.46. The Morgan fingerprint density at radius 3 is 2.76 bits per heavy atom. The van der Waals surface area contributed by atoms with Gasteiger partial charge in [-0.05, 0) is 37.5 Å². The fourth-order valence-electron chi connectivity index (χ4n) is 2.67. The summed E-state index contributed by atoms with van der Waals surface area (Å²) in [5.74, 6) is 1.26. The van der Waals surface area contributed by atoms with Gasteiger partial charge in [-0.3, -0.25) is 0 Å². The molecule has 17 heavy (non-hydrogen) atoms. The fourth-order valence-corrected chi connectivity index (χ4v) is 3.81. The number of benzene rings is 1. The SMILES string of the molecule is CCSC1CCC(NC(C)c2ccccc2)C1. The third-order valence-corrected chi connectivity index (χ3v) is 4.81. The molecular formula is C15H23NS. The average molecular weight is 249 g/mol. The van der Waals surface area contributed by atoms with Crippen molar-refractivity contribution >= 4 is 11.8 Å². The molecule has 0 amide bonds. The van der Waals surface area contributed by atoms with Crippen molar-refractivity contribution in [2.45, 2.75) is 50.4 Å². The Hall–Kier alpha value is -0.470. The van der Waals surface area contributed by atoms with Crippen LogP contribution in [0.5, 0.6) is 0 Å². The molecular weight excluding hydrogens is 226 g/mol. The third kappa shape index (κ3) is 3.75. The van der Waals surface area contributed by atoms with Crippen molar-refractivity contribution in [1.82, 2.24) is 5.32 Å². The second kappa shape index (κ2) is 6.46. The van der Waals surface area contributed by atoms with E-state index in [0.717, 1.165) is 5.25 Å². The van der Waals surface area contributed by atoms with Gasteiger partial charge in [0.25, 0.3) is 0 Å². The molecule has 1 aromatic rings. The molecule has 0 aromatic heterocycles. The molecule has 1 aliphatic carbocycles. The minimum atomic E-state index is 0.478. The predicted molar refractivity (Wildman–Crippen MR) is 77.6 cm³/mol. The lowest BCUT2D eigenvalue weighted by molar-refractivity contribution is 0.462. The zero-order chi connectivity index (χ0) is 12.1. The smallest absolute Gasteiger partial charge is 0.0294 e. The molecule has 94 valence electrons. The molecule has 1 fully saturated rings. The van der Waals surface area contributed by atoms with Crippen molar-refractivity contribution in [3.63, 3.8) is 0 Å². The van der Waals surface area contributed by atoms with Crippen LogP contribution in [0.15, 0.2) is 30.3 Å². The summed E-state index contributed by atoms with van der Waals surface area (Å²) in [6.45, 7) is 4.54. The van der Waals surface area contributed by atoms with E-state index >= 15 is 0 Å². The van der Waals surface area contributed by atoms with E-state index in [1.54, 1.807) is 0 Å². The molecule has 0 radical (unpaired) electrons. The lowest BCUT2D eigenvalue weighted by Gasteiger charge is -2.20. The van der Waals surface area contributed by atoms with Gasteiger partial charge in [-0.1, -0.05) is 37.3 Å². The highest BCUT2D eigenvalue weighted by atomic mass is 32.2. The Morgan fingerprint density at radius 2 is 2.06 bits per heavy atom. The van der Waals surface area contributed by atoms with E-state index in [1.807, 2.05) is 0 Å². The van der Waals surface area contributed by atoms with Crippen LogP contribution in [0.1, 0.15) is 44.7 Å². The van der Waals surface area contributed by atoms with Crippen molar-refractivity contribution in [1.29, 1.82) is 0 Å². The van der Waals surface area contributed by atoms with Gasteiger partial charge in [0.1, 0.15) is 0 Å². The van der Waals surface area contributed by atoms with E-state index in [0.29, 0.717) is 12.1 Å². The summed E-state index contributed by atoms with van der Waals surface area (Å²) in [4.78, 5) is 0. The summed E-state index contributed by atoms with van der Waals surface area (Å²) in [5, 5.41) is 4.66. The lowest BCUT2D eigenvalue weighted by atomic mass is 10.1. The maximum Gasteiger partial charge on any atom is 0.0294 e. The topological polar surface area (TPSA) is 12.0 Å². The molecule has 1 N–H and O–H groups in total. The predicted octanol–water partition coefficient (Wildman–Crippen LogP) is 4.01. The quantitative estimate of drug-likeness (QED) is 0.846. The summed E-state index contributed by atoms with van der Waals surface area (Å²) in [5.41, 5.74) is 1.40. The first-order valence-corrected chi connectivity index (χ1v) is 7.77. The second-order valence-electron chi connectivity index (χ2n) is 4.89. The summed E-state index contributed by atoms with van der Waals surface area (Å²) in [6, 6.07) is 12.0. The molecule has 3 atom stereocenters. The molecule has 0 spiro atoms. The Labute approximate surface area is 109 Å². The van der Waals surface area contributed by atoms with Crippen molar-refractivity contribution in [3.8, 4) is 0 Å². The van der Waals surface area contributed by atoms with Gasteiger partial charge in [-0.15, -0.1) is 0 Å².